The topological polar surface area (TPSA) is 106 Å². The van der Waals surface area contributed by atoms with Crippen LogP contribution in [-0.2, 0) is 4.79 Å². The number of guanidine groups is 1. The molecular weight excluding hydrogens is 224 g/mol. The van der Waals surface area contributed by atoms with Crippen LogP contribution in [0.3, 0.4) is 0 Å². The molecule has 0 saturated carbocycles. The summed E-state index contributed by atoms with van der Waals surface area (Å²) >= 11 is 0. The molecule has 1 heterocycles. The van der Waals surface area contributed by atoms with Crippen molar-refractivity contribution in [1.82, 2.24) is 16.0 Å². The van der Waals surface area contributed by atoms with Crippen molar-refractivity contribution >= 4 is 11.7 Å². The molecule has 7 heteroatoms. The van der Waals surface area contributed by atoms with Crippen molar-refractivity contribution in [1.29, 1.82) is 0 Å². The summed E-state index contributed by atoms with van der Waals surface area (Å²) in [5.41, 5.74) is 0. The molecule has 1 saturated heterocycles. The molecule has 1 aliphatic heterocycles. The number of ketones is 1. The predicted octanol–water partition coefficient (Wildman–Crippen LogP) is -1.87. The molecule has 1 aliphatic rings. The SMILES string of the molecule is CNC(CCCN=C1NC(O)C(O)N1)C(C)=O. The smallest absolute Gasteiger partial charge is 0.195 e. The Bertz CT molecular complexity index is 283. The number of rotatable bonds is 6. The Kier molecular flexibility index (Phi) is 5.33. The van der Waals surface area contributed by atoms with Crippen LogP contribution in [-0.4, -0.2) is 54.0 Å². The van der Waals surface area contributed by atoms with E-state index < -0.39 is 12.5 Å². The lowest BCUT2D eigenvalue weighted by atomic mass is 10.1. The van der Waals surface area contributed by atoms with Crippen LogP contribution in [0.2, 0.25) is 0 Å². The van der Waals surface area contributed by atoms with Gasteiger partial charge in [0.05, 0.1) is 6.04 Å². The van der Waals surface area contributed by atoms with Crippen molar-refractivity contribution in [2.45, 2.75) is 38.3 Å². The summed E-state index contributed by atoms with van der Waals surface area (Å²) in [7, 11) is 1.75. The van der Waals surface area contributed by atoms with E-state index in [1.54, 1.807) is 14.0 Å². The average Bonchev–Trinajstić information content (AvgIpc) is 2.58. The Balaban J connectivity index is 2.24. The molecule has 98 valence electrons. The highest BCUT2D eigenvalue weighted by molar-refractivity contribution is 5.82. The molecule has 0 bridgehead atoms. The number of likely N-dealkylation sites (N-methyl/N-ethyl adjacent to an activating group) is 1. The minimum absolute atomic E-state index is 0.114. The fraction of sp³-hybridized carbons (Fsp3) is 0.800. The van der Waals surface area contributed by atoms with Gasteiger partial charge in [-0.15, -0.1) is 0 Å². The molecule has 3 atom stereocenters. The van der Waals surface area contributed by atoms with Crippen LogP contribution in [0.4, 0.5) is 0 Å². The molecule has 0 aliphatic carbocycles. The lowest BCUT2D eigenvalue weighted by Gasteiger charge is -2.11. The van der Waals surface area contributed by atoms with Crippen molar-refractivity contribution < 1.29 is 15.0 Å². The zero-order chi connectivity index (χ0) is 12.8. The Hall–Kier alpha value is -1.18. The van der Waals surface area contributed by atoms with Crippen molar-refractivity contribution in [3.05, 3.63) is 0 Å². The number of carbonyl (C=O) groups is 1. The van der Waals surface area contributed by atoms with Gasteiger partial charge in [0, 0.05) is 6.54 Å². The molecule has 0 spiro atoms. The molecule has 7 nitrogen and oxygen atoms in total. The third-order valence-electron chi connectivity index (χ3n) is 2.63. The Morgan fingerprint density at radius 3 is 2.53 bits per heavy atom. The van der Waals surface area contributed by atoms with Gasteiger partial charge >= 0.3 is 0 Å². The number of Topliss-reactive ketones (excluding diaryl/α,β-unsaturated/α-hetero) is 1. The third kappa shape index (κ3) is 4.29. The Morgan fingerprint density at radius 2 is 2.06 bits per heavy atom. The first-order valence-corrected chi connectivity index (χ1v) is 5.66. The summed E-state index contributed by atoms with van der Waals surface area (Å²) in [6, 6.07) is -0.129. The fourth-order valence-electron chi connectivity index (χ4n) is 1.61. The number of nitrogens with one attached hydrogen (secondary N) is 3. The molecule has 0 aromatic rings. The maximum absolute atomic E-state index is 11.1. The second-order valence-electron chi connectivity index (χ2n) is 4.00. The van der Waals surface area contributed by atoms with E-state index in [0.717, 1.165) is 6.42 Å². The third-order valence-corrected chi connectivity index (χ3v) is 2.63. The number of aliphatic hydroxyl groups is 2. The van der Waals surface area contributed by atoms with E-state index in [1.807, 2.05) is 0 Å². The van der Waals surface area contributed by atoms with Gasteiger partial charge in [-0.05, 0) is 26.8 Å². The van der Waals surface area contributed by atoms with Crippen molar-refractivity contribution in [3.63, 3.8) is 0 Å². The summed E-state index contributed by atoms with van der Waals surface area (Å²) in [4.78, 5) is 15.2. The molecule has 0 aromatic heterocycles. The van der Waals surface area contributed by atoms with Gasteiger partial charge in [-0.1, -0.05) is 0 Å². The van der Waals surface area contributed by atoms with Crippen LogP contribution in [0.1, 0.15) is 19.8 Å². The van der Waals surface area contributed by atoms with E-state index in [2.05, 4.69) is 20.9 Å². The van der Waals surface area contributed by atoms with Gasteiger partial charge < -0.3 is 26.2 Å². The maximum Gasteiger partial charge on any atom is 0.195 e. The zero-order valence-electron chi connectivity index (χ0n) is 10.1. The molecule has 17 heavy (non-hydrogen) atoms. The molecular formula is C10H20N4O3. The normalized spacial score (nSPS) is 25.1. The minimum Gasteiger partial charge on any atom is -0.369 e. The van der Waals surface area contributed by atoms with Gasteiger partial charge in [0.25, 0.3) is 0 Å². The first-order chi connectivity index (χ1) is 8.04. The monoisotopic (exact) mass is 244 g/mol. The maximum atomic E-state index is 11.1. The van der Waals surface area contributed by atoms with E-state index in [-0.39, 0.29) is 11.8 Å². The molecule has 1 rings (SSSR count). The number of carbonyl (C=O) groups excluding carboxylic acids is 1. The van der Waals surface area contributed by atoms with Crippen LogP contribution in [0.25, 0.3) is 0 Å². The highest BCUT2D eigenvalue weighted by Gasteiger charge is 2.25. The minimum atomic E-state index is -1.02. The van der Waals surface area contributed by atoms with E-state index in [1.165, 1.54) is 0 Å². The van der Waals surface area contributed by atoms with Gasteiger partial charge in [-0.3, -0.25) is 9.79 Å². The van der Waals surface area contributed by atoms with Crippen molar-refractivity contribution in [3.8, 4) is 0 Å². The standard InChI is InChI=1S/C10H20N4O3/c1-6(15)7(11-2)4-3-5-12-10-13-8(16)9(17)14-10/h7-9,11,16-17H,3-5H2,1-2H3,(H2,12,13,14). The van der Waals surface area contributed by atoms with Crippen LogP contribution in [0.5, 0.6) is 0 Å². The predicted molar refractivity (Wildman–Crippen MR) is 63.3 cm³/mol. The number of aliphatic imine (C=N–C) groups is 1. The Labute approximate surface area is 100 Å². The number of aliphatic hydroxyl groups excluding tert-OH is 2. The highest BCUT2D eigenvalue weighted by Crippen LogP contribution is 2.00. The molecule has 5 N–H and O–H groups in total. The summed E-state index contributed by atoms with van der Waals surface area (Å²) in [5, 5.41) is 26.4. The Morgan fingerprint density at radius 1 is 1.47 bits per heavy atom. The van der Waals surface area contributed by atoms with Gasteiger partial charge in [-0.2, -0.15) is 0 Å². The van der Waals surface area contributed by atoms with Crippen molar-refractivity contribution in [2.75, 3.05) is 13.6 Å². The number of hydrogen-bond acceptors (Lipinski definition) is 5. The zero-order valence-corrected chi connectivity index (χ0v) is 10.1. The summed E-state index contributed by atoms with van der Waals surface area (Å²) in [6.45, 7) is 2.08. The lowest BCUT2D eigenvalue weighted by molar-refractivity contribution is -0.119. The average molecular weight is 244 g/mol. The first kappa shape index (κ1) is 13.9. The van der Waals surface area contributed by atoms with E-state index in [4.69, 9.17) is 10.2 Å². The highest BCUT2D eigenvalue weighted by atomic mass is 16.4. The van der Waals surface area contributed by atoms with Crippen LogP contribution in [0, 0.1) is 0 Å². The molecule has 0 amide bonds. The second-order valence-corrected chi connectivity index (χ2v) is 4.00. The molecule has 0 radical (unpaired) electrons. The summed E-state index contributed by atoms with van der Waals surface area (Å²) in [5.74, 6) is 0.497. The molecule has 1 fully saturated rings. The van der Waals surface area contributed by atoms with Crippen LogP contribution in [0.15, 0.2) is 4.99 Å². The summed E-state index contributed by atoms with van der Waals surface area (Å²) in [6.07, 6.45) is -0.565. The quantitative estimate of drug-likeness (QED) is 0.351. The fourth-order valence-corrected chi connectivity index (χ4v) is 1.61. The summed E-state index contributed by atoms with van der Waals surface area (Å²) < 4.78 is 0. The van der Waals surface area contributed by atoms with Gasteiger partial charge in [0.15, 0.2) is 18.4 Å². The van der Waals surface area contributed by atoms with Gasteiger partial charge in [0.2, 0.25) is 0 Å². The first-order valence-electron chi connectivity index (χ1n) is 5.66. The van der Waals surface area contributed by atoms with E-state index in [9.17, 15) is 4.79 Å². The molecule has 3 unspecified atom stereocenters. The number of nitrogens with zero attached hydrogens (tertiary/aromatic N) is 1. The number of hydrogen-bond donors (Lipinski definition) is 5. The largest absolute Gasteiger partial charge is 0.369 e. The van der Waals surface area contributed by atoms with Crippen LogP contribution >= 0.6 is 0 Å². The van der Waals surface area contributed by atoms with E-state index in [0.29, 0.717) is 18.9 Å². The van der Waals surface area contributed by atoms with Gasteiger partial charge in [0.1, 0.15) is 5.78 Å². The van der Waals surface area contributed by atoms with Crippen molar-refractivity contribution in [2.24, 2.45) is 4.99 Å². The second kappa shape index (κ2) is 6.53. The van der Waals surface area contributed by atoms with Crippen LogP contribution < -0.4 is 16.0 Å². The van der Waals surface area contributed by atoms with E-state index >= 15 is 0 Å². The van der Waals surface area contributed by atoms with Gasteiger partial charge in [-0.25, -0.2) is 0 Å². The molecule has 0 aromatic carbocycles. The lowest BCUT2D eigenvalue weighted by Crippen LogP contribution is -2.32.